The van der Waals surface area contributed by atoms with E-state index in [-0.39, 0.29) is 4.90 Å². The van der Waals surface area contributed by atoms with Gasteiger partial charge in [-0.05, 0) is 47.9 Å². The third kappa shape index (κ3) is 2.98. The number of fused-ring (bicyclic) bond motifs is 1. The Morgan fingerprint density at radius 1 is 1.13 bits per heavy atom. The monoisotopic (exact) mass is 329 g/mol. The molecule has 0 amide bonds. The molecule has 0 aromatic heterocycles. The molecule has 6 heteroatoms. The van der Waals surface area contributed by atoms with E-state index < -0.39 is 16.0 Å². The van der Waals surface area contributed by atoms with Crippen LogP contribution in [0.15, 0.2) is 59.5 Å². The van der Waals surface area contributed by atoms with E-state index in [1.807, 2.05) is 6.07 Å². The van der Waals surface area contributed by atoms with Crippen molar-refractivity contribution in [3.8, 4) is 0 Å². The molecule has 1 N–H and O–H groups in total. The fourth-order valence-electron chi connectivity index (χ4n) is 2.63. The van der Waals surface area contributed by atoms with Crippen LogP contribution in [0.5, 0.6) is 0 Å². The van der Waals surface area contributed by atoms with Gasteiger partial charge >= 0.3 is 5.97 Å². The van der Waals surface area contributed by atoms with Crippen molar-refractivity contribution in [2.75, 3.05) is 10.8 Å². The van der Waals surface area contributed by atoms with Crippen LogP contribution in [-0.4, -0.2) is 26.0 Å². The summed E-state index contributed by atoms with van der Waals surface area (Å²) in [5.41, 5.74) is 2.29. The fraction of sp³-hybridized carbons (Fsp3) is 0.118. The van der Waals surface area contributed by atoms with Gasteiger partial charge in [0.1, 0.15) is 0 Å². The molecule has 23 heavy (non-hydrogen) atoms. The molecule has 1 aliphatic rings. The standard InChI is InChI=1S/C17H15NO4S/c19-17(20)9-7-13-6-8-16-14(12-13)10-11-18(16)23(21,22)15-4-2-1-3-5-15/h1-9,12H,10-11H2,(H,19,20). The molecule has 0 atom stereocenters. The number of benzene rings is 2. The van der Waals surface area contributed by atoms with Crippen LogP contribution in [0.2, 0.25) is 0 Å². The topological polar surface area (TPSA) is 74.7 Å². The Bertz CT molecular complexity index is 873. The van der Waals surface area contributed by atoms with Crippen LogP contribution in [0.25, 0.3) is 6.08 Å². The molecule has 0 unspecified atom stereocenters. The van der Waals surface area contributed by atoms with E-state index in [9.17, 15) is 13.2 Å². The lowest BCUT2D eigenvalue weighted by Gasteiger charge is -2.19. The van der Waals surface area contributed by atoms with E-state index in [0.717, 1.165) is 17.2 Å². The van der Waals surface area contributed by atoms with Gasteiger partial charge in [0.05, 0.1) is 10.6 Å². The van der Waals surface area contributed by atoms with Crippen molar-refractivity contribution in [2.24, 2.45) is 0 Å². The highest BCUT2D eigenvalue weighted by molar-refractivity contribution is 7.92. The molecular weight excluding hydrogens is 314 g/mol. The van der Waals surface area contributed by atoms with Crippen LogP contribution in [0.1, 0.15) is 11.1 Å². The Balaban J connectivity index is 1.95. The molecule has 0 spiro atoms. The zero-order chi connectivity index (χ0) is 16.4. The van der Waals surface area contributed by atoms with Gasteiger partial charge in [-0.15, -0.1) is 0 Å². The van der Waals surface area contributed by atoms with Crippen molar-refractivity contribution in [1.82, 2.24) is 0 Å². The van der Waals surface area contributed by atoms with Gasteiger partial charge in [-0.3, -0.25) is 4.31 Å². The lowest BCUT2D eigenvalue weighted by atomic mass is 10.1. The molecule has 0 aliphatic carbocycles. The molecule has 2 aromatic rings. The van der Waals surface area contributed by atoms with Gasteiger partial charge in [0.15, 0.2) is 0 Å². The van der Waals surface area contributed by atoms with Gasteiger partial charge in [-0.2, -0.15) is 0 Å². The molecule has 118 valence electrons. The summed E-state index contributed by atoms with van der Waals surface area (Å²) in [4.78, 5) is 10.8. The highest BCUT2D eigenvalue weighted by Gasteiger charge is 2.30. The molecule has 0 saturated heterocycles. The van der Waals surface area contributed by atoms with Gasteiger partial charge in [0.25, 0.3) is 10.0 Å². The molecule has 5 nitrogen and oxygen atoms in total. The second-order valence-electron chi connectivity index (χ2n) is 5.20. The predicted molar refractivity (Wildman–Crippen MR) is 87.8 cm³/mol. The molecule has 0 saturated carbocycles. The first-order valence-corrected chi connectivity index (χ1v) is 8.54. The zero-order valence-electron chi connectivity index (χ0n) is 12.2. The summed E-state index contributed by atoms with van der Waals surface area (Å²) in [6.07, 6.45) is 3.17. The van der Waals surface area contributed by atoms with E-state index in [0.29, 0.717) is 18.7 Å². The summed E-state index contributed by atoms with van der Waals surface area (Å²) in [5, 5.41) is 8.67. The van der Waals surface area contributed by atoms with E-state index in [2.05, 4.69) is 0 Å². The van der Waals surface area contributed by atoms with Gasteiger partial charge in [-0.1, -0.05) is 24.3 Å². The molecule has 3 rings (SSSR count). The van der Waals surface area contributed by atoms with Gasteiger partial charge < -0.3 is 5.11 Å². The number of anilines is 1. The number of rotatable bonds is 4. The summed E-state index contributed by atoms with van der Waals surface area (Å²) < 4.78 is 26.9. The van der Waals surface area contributed by atoms with Crippen LogP contribution in [0.4, 0.5) is 5.69 Å². The Hall–Kier alpha value is -2.60. The Morgan fingerprint density at radius 3 is 2.57 bits per heavy atom. The highest BCUT2D eigenvalue weighted by atomic mass is 32.2. The van der Waals surface area contributed by atoms with E-state index in [1.54, 1.807) is 42.5 Å². The van der Waals surface area contributed by atoms with Crippen molar-refractivity contribution in [3.63, 3.8) is 0 Å². The number of carboxylic acids is 1. The quantitative estimate of drug-likeness (QED) is 0.875. The number of carboxylic acid groups (broad SMARTS) is 1. The highest BCUT2D eigenvalue weighted by Crippen LogP contribution is 2.33. The lowest BCUT2D eigenvalue weighted by molar-refractivity contribution is -0.131. The van der Waals surface area contributed by atoms with Crippen molar-refractivity contribution in [1.29, 1.82) is 0 Å². The summed E-state index contributed by atoms with van der Waals surface area (Å²) >= 11 is 0. The van der Waals surface area contributed by atoms with Crippen LogP contribution in [0, 0.1) is 0 Å². The smallest absolute Gasteiger partial charge is 0.328 e. The minimum atomic E-state index is -3.57. The van der Waals surface area contributed by atoms with E-state index >= 15 is 0 Å². The second-order valence-corrected chi connectivity index (χ2v) is 7.06. The van der Waals surface area contributed by atoms with Crippen LogP contribution in [-0.2, 0) is 21.2 Å². The minimum Gasteiger partial charge on any atom is -0.478 e. The SMILES string of the molecule is O=C(O)C=Cc1ccc2c(c1)CCN2S(=O)(=O)c1ccccc1. The average molecular weight is 329 g/mol. The summed E-state index contributed by atoms with van der Waals surface area (Å²) in [6, 6.07) is 13.6. The lowest BCUT2D eigenvalue weighted by Crippen LogP contribution is -2.29. The predicted octanol–water partition coefficient (Wildman–Crippen LogP) is 2.54. The van der Waals surface area contributed by atoms with Crippen molar-refractivity contribution in [3.05, 3.63) is 65.7 Å². The molecule has 0 bridgehead atoms. The zero-order valence-corrected chi connectivity index (χ0v) is 13.0. The summed E-state index contributed by atoms with van der Waals surface area (Å²) in [7, 11) is -3.57. The number of hydrogen-bond acceptors (Lipinski definition) is 3. The molecule has 0 radical (unpaired) electrons. The maximum Gasteiger partial charge on any atom is 0.328 e. The van der Waals surface area contributed by atoms with Crippen LogP contribution in [0.3, 0.4) is 0 Å². The molecule has 1 heterocycles. The summed E-state index contributed by atoms with van der Waals surface area (Å²) in [5.74, 6) is -1.02. The second kappa shape index (κ2) is 5.89. The molecule has 1 aliphatic heterocycles. The first-order valence-electron chi connectivity index (χ1n) is 7.10. The minimum absolute atomic E-state index is 0.266. The molecule has 0 fully saturated rings. The van der Waals surface area contributed by atoms with Crippen molar-refractivity contribution < 1.29 is 18.3 Å². The van der Waals surface area contributed by atoms with Crippen LogP contribution < -0.4 is 4.31 Å². The first kappa shape index (κ1) is 15.3. The number of carbonyl (C=O) groups is 1. The average Bonchev–Trinajstić information content (AvgIpc) is 2.97. The largest absolute Gasteiger partial charge is 0.478 e. The third-order valence-corrected chi connectivity index (χ3v) is 5.53. The Labute approximate surface area is 134 Å². The van der Waals surface area contributed by atoms with Gasteiger partial charge in [-0.25, -0.2) is 13.2 Å². The number of hydrogen-bond donors (Lipinski definition) is 1. The first-order chi connectivity index (χ1) is 11.0. The molecular formula is C17H15NO4S. The Morgan fingerprint density at radius 2 is 1.87 bits per heavy atom. The van der Waals surface area contributed by atoms with E-state index in [1.165, 1.54) is 10.4 Å². The van der Waals surface area contributed by atoms with Gasteiger partial charge in [0, 0.05) is 12.6 Å². The normalized spacial score (nSPS) is 14.2. The summed E-state index contributed by atoms with van der Waals surface area (Å²) in [6.45, 7) is 0.388. The van der Waals surface area contributed by atoms with Crippen molar-refractivity contribution >= 4 is 27.8 Å². The third-order valence-electron chi connectivity index (χ3n) is 3.71. The fourth-order valence-corrected chi connectivity index (χ4v) is 4.16. The molecule has 2 aromatic carbocycles. The van der Waals surface area contributed by atoms with E-state index in [4.69, 9.17) is 5.11 Å². The van der Waals surface area contributed by atoms with Crippen LogP contribution >= 0.6 is 0 Å². The number of sulfonamides is 1. The number of aliphatic carboxylic acids is 1. The maximum atomic E-state index is 12.7. The van der Waals surface area contributed by atoms with Gasteiger partial charge in [0.2, 0.25) is 0 Å². The maximum absolute atomic E-state index is 12.7. The van der Waals surface area contributed by atoms with Crippen molar-refractivity contribution in [2.45, 2.75) is 11.3 Å². The number of nitrogens with zero attached hydrogens (tertiary/aromatic N) is 1. The Kier molecular flexibility index (Phi) is 3.92.